The summed E-state index contributed by atoms with van der Waals surface area (Å²) in [6, 6.07) is 5.43. The highest BCUT2D eigenvalue weighted by atomic mass is 19.1. The van der Waals surface area contributed by atoms with Crippen LogP contribution in [-0.4, -0.2) is 51.1 Å². The summed E-state index contributed by atoms with van der Waals surface area (Å²) < 4.78 is 27.6. The molecule has 2 N–H and O–H groups in total. The summed E-state index contributed by atoms with van der Waals surface area (Å²) in [5, 5.41) is 7.07. The first kappa shape index (κ1) is 21.2. The summed E-state index contributed by atoms with van der Waals surface area (Å²) in [4.78, 5) is 24.3. The van der Waals surface area contributed by atoms with Crippen molar-refractivity contribution in [3.8, 4) is 11.4 Å². The predicted octanol–water partition coefficient (Wildman–Crippen LogP) is 3.87. The van der Waals surface area contributed by atoms with Gasteiger partial charge in [-0.1, -0.05) is 18.2 Å². The van der Waals surface area contributed by atoms with Gasteiger partial charge in [0.2, 0.25) is 5.95 Å². The monoisotopic (exact) mass is 470 g/mol. The van der Waals surface area contributed by atoms with Crippen LogP contribution in [0, 0.1) is 11.8 Å². The van der Waals surface area contributed by atoms with E-state index in [1.54, 1.807) is 24.5 Å². The minimum atomic E-state index is -0.789. The zero-order chi connectivity index (χ0) is 23.8. The number of anilines is 3. The second-order valence-electron chi connectivity index (χ2n) is 8.19. The van der Waals surface area contributed by atoms with Crippen molar-refractivity contribution >= 4 is 33.9 Å². The van der Waals surface area contributed by atoms with Crippen LogP contribution in [0.2, 0.25) is 0 Å². The van der Waals surface area contributed by atoms with Gasteiger partial charge in [0, 0.05) is 49.7 Å². The average Bonchev–Trinajstić information content (AvgIpc) is 2.85. The van der Waals surface area contributed by atoms with Gasteiger partial charge in [-0.25, -0.2) is 19.3 Å². The van der Waals surface area contributed by atoms with Crippen LogP contribution in [0.15, 0.2) is 61.1 Å². The van der Waals surface area contributed by atoms with Crippen molar-refractivity contribution in [2.45, 2.75) is 0 Å². The molecule has 1 aliphatic carbocycles. The Morgan fingerprint density at radius 1 is 1.00 bits per heavy atom. The number of allylic oxidation sites excluding steroid dienone is 4. The van der Waals surface area contributed by atoms with Crippen LogP contribution < -0.4 is 15.5 Å². The molecule has 5 heterocycles. The molecule has 0 atom stereocenters. The van der Waals surface area contributed by atoms with E-state index in [0.717, 1.165) is 66.2 Å². The molecule has 1 saturated heterocycles. The molecule has 0 bridgehead atoms. The molecule has 1 aliphatic heterocycles. The second kappa shape index (κ2) is 8.80. The lowest BCUT2D eigenvalue weighted by Crippen LogP contribution is -2.44. The van der Waals surface area contributed by atoms with Crippen molar-refractivity contribution in [1.82, 2.24) is 30.2 Å². The Labute approximate surface area is 199 Å². The highest BCUT2D eigenvalue weighted by molar-refractivity contribution is 6.02. The Balaban J connectivity index is 1.45. The summed E-state index contributed by atoms with van der Waals surface area (Å²) in [5.41, 5.74) is 3.49. The fourth-order valence-corrected chi connectivity index (χ4v) is 4.16. The van der Waals surface area contributed by atoms with Crippen molar-refractivity contribution in [3.05, 3.63) is 78.4 Å². The molecular formula is C25H20F2N8. The molecule has 6 rings (SSSR count). The molecular weight excluding hydrogens is 450 g/mol. The first-order valence-corrected chi connectivity index (χ1v) is 11.2. The zero-order valence-electron chi connectivity index (χ0n) is 18.5. The Morgan fingerprint density at radius 3 is 2.66 bits per heavy atom. The third-order valence-electron chi connectivity index (χ3n) is 5.94. The fraction of sp³-hybridized carbons (Fsp3) is 0.160. The third kappa shape index (κ3) is 4.08. The van der Waals surface area contributed by atoms with E-state index in [2.05, 4.69) is 30.5 Å². The van der Waals surface area contributed by atoms with Crippen molar-refractivity contribution < 1.29 is 8.78 Å². The lowest BCUT2D eigenvalue weighted by molar-refractivity contribution is 0.564. The SMILES string of the molecule is Fc1ccc(F)c(Nc2cc(-c3nc(N4CCNCC4)c4c(C5=CC=C5)cncc4n3)ccn2)n1. The molecule has 4 aromatic heterocycles. The molecule has 0 radical (unpaired) electrons. The van der Waals surface area contributed by atoms with Crippen LogP contribution in [0.3, 0.4) is 0 Å². The maximum absolute atomic E-state index is 14.1. The smallest absolute Gasteiger partial charge is 0.214 e. The Bertz CT molecular complexity index is 1490. The number of halogens is 2. The van der Waals surface area contributed by atoms with Gasteiger partial charge >= 0.3 is 0 Å². The fourth-order valence-electron chi connectivity index (χ4n) is 4.16. The Kier molecular flexibility index (Phi) is 5.34. The van der Waals surface area contributed by atoms with Crippen molar-refractivity contribution in [2.24, 2.45) is 0 Å². The lowest BCUT2D eigenvalue weighted by Gasteiger charge is -2.30. The number of pyridine rings is 3. The topological polar surface area (TPSA) is 91.8 Å². The molecule has 0 unspecified atom stereocenters. The molecule has 0 amide bonds. The largest absolute Gasteiger partial charge is 0.353 e. The lowest BCUT2D eigenvalue weighted by atomic mass is 9.97. The predicted molar refractivity (Wildman–Crippen MR) is 130 cm³/mol. The molecule has 2 aliphatic rings. The summed E-state index contributed by atoms with van der Waals surface area (Å²) in [6.45, 7) is 3.35. The van der Waals surface area contributed by atoms with E-state index in [1.165, 1.54) is 0 Å². The number of rotatable bonds is 5. The molecule has 8 nitrogen and oxygen atoms in total. The zero-order valence-corrected chi connectivity index (χ0v) is 18.5. The molecule has 10 heteroatoms. The number of nitrogens with zero attached hydrogens (tertiary/aromatic N) is 6. The summed E-state index contributed by atoms with van der Waals surface area (Å²) in [7, 11) is 0. The van der Waals surface area contributed by atoms with E-state index < -0.39 is 11.8 Å². The molecule has 35 heavy (non-hydrogen) atoms. The Morgan fingerprint density at radius 2 is 1.86 bits per heavy atom. The highest BCUT2D eigenvalue weighted by Gasteiger charge is 2.22. The van der Waals surface area contributed by atoms with Gasteiger partial charge in [-0.3, -0.25) is 4.98 Å². The van der Waals surface area contributed by atoms with Gasteiger partial charge in [0.05, 0.1) is 17.1 Å². The van der Waals surface area contributed by atoms with Crippen LogP contribution in [0.25, 0.3) is 27.9 Å². The number of piperazine rings is 1. The van der Waals surface area contributed by atoms with Crippen LogP contribution >= 0.6 is 0 Å². The molecule has 1 fully saturated rings. The standard InChI is InChI=1S/C25H20F2N8/c26-18-4-5-20(27)32-24(18)33-21-12-16(6-7-30-21)23-31-19-14-29-13-17(15-2-1-3-15)22(19)25(34-23)35-10-8-28-9-11-35/h1-7,12-14,28H,8-11H2,(H,30,32,33). The number of aromatic nitrogens is 5. The van der Waals surface area contributed by atoms with Crippen molar-refractivity contribution in [2.75, 3.05) is 36.4 Å². The molecule has 174 valence electrons. The minimum Gasteiger partial charge on any atom is -0.353 e. The van der Waals surface area contributed by atoms with Crippen molar-refractivity contribution in [1.29, 1.82) is 0 Å². The van der Waals surface area contributed by atoms with Crippen molar-refractivity contribution in [3.63, 3.8) is 0 Å². The van der Waals surface area contributed by atoms with Gasteiger partial charge in [0.25, 0.3) is 0 Å². The quantitative estimate of drug-likeness (QED) is 0.425. The summed E-state index contributed by atoms with van der Waals surface area (Å²) in [6.07, 6.45) is 11.2. The number of hydrogen-bond donors (Lipinski definition) is 2. The van der Waals surface area contributed by atoms with Crippen LogP contribution in [0.1, 0.15) is 5.56 Å². The van der Waals surface area contributed by atoms with Crippen LogP contribution in [-0.2, 0) is 0 Å². The van der Waals surface area contributed by atoms with Gasteiger partial charge in [-0.2, -0.15) is 9.37 Å². The van der Waals surface area contributed by atoms with E-state index >= 15 is 0 Å². The van der Waals surface area contributed by atoms with Gasteiger partial charge in [-0.15, -0.1) is 0 Å². The van der Waals surface area contributed by atoms with E-state index in [4.69, 9.17) is 9.97 Å². The average molecular weight is 470 g/mol. The van der Waals surface area contributed by atoms with E-state index in [-0.39, 0.29) is 5.82 Å². The summed E-state index contributed by atoms with van der Waals surface area (Å²) in [5.74, 6) is -0.0897. The molecule has 4 aromatic rings. The molecule has 0 spiro atoms. The number of nitrogens with one attached hydrogen (secondary N) is 2. The molecule has 0 saturated carbocycles. The van der Waals surface area contributed by atoms with Crippen LogP contribution in [0.5, 0.6) is 0 Å². The number of fused-ring (bicyclic) bond motifs is 1. The van der Waals surface area contributed by atoms with E-state index in [1.807, 2.05) is 24.4 Å². The van der Waals surface area contributed by atoms with Gasteiger partial charge in [-0.05, 0) is 29.8 Å². The highest BCUT2D eigenvalue weighted by Crippen LogP contribution is 2.35. The van der Waals surface area contributed by atoms with E-state index in [9.17, 15) is 8.78 Å². The first-order chi connectivity index (χ1) is 17.2. The number of hydrogen-bond acceptors (Lipinski definition) is 8. The molecule has 0 aromatic carbocycles. The summed E-state index contributed by atoms with van der Waals surface area (Å²) >= 11 is 0. The maximum atomic E-state index is 14.1. The first-order valence-electron chi connectivity index (χ1n) is 11.2. The van der Waals surface area contributed by atoms with Gasteiger partial charge < -0.3 is 15.5 Å². The third-order valence-corrected chi connectivity index (χ3v) is 5.94. The second-order valence-corrected chi connectivity index (χ2v) is 8.19. The minimum absolute atomic E-state index is 0.244. The maximum Gasteiger partial charge on any atom is 0.214 e. The van der Waals surface area contributed by atoms with Crippen LogP contribution in [0.4, 0.5) is 26.2 Å². The Hall–Kier alpha value is -4.31. The normalized spacial score (nSPS) is 15.1. The van der Waals surface area contributed by atoms with Gasteiger partial charge in [0.15, 0.2) is 17.5 Å². The van der Waals surface area contributed by atoms with Gasteiger partial charge in [0.1, 0.15) is 11.6 Å². The van der Waals surface area contributed by atoms with E-state index in [0.29, 0.717) is 17.2 Å².